The predicted octanol–water partition coefficient (Wildman–Crippen LogP) is 3.91. The van der Waals surface area contributed by atoms with E-state index in [2.05, 4.69) is 39.1 Å². The Morgan fingerprint density at radius 2 is 1.79 bits per heavy atom. The van der Waals surface area contributed by atoms with Crippen LogP contribution in [0.3, 0.4) is 0 Å². The van der Waals surface area contributed by atoms with E-state index in [4.69, 9.17) is 22.2 Å². The van der Waals surface area contributed by atoms with Gasteiger partial charge in [0.05, 0.1) is 6.20 Å². The van der Waals surface area contributed by atoms with Gasteiger partial charge in [0.15, 0.2) is 5.82 Å². The van der Waals surface area contributed by atoms with Gasteiger partial charge < -0.3 is 22.1 Å². The molecular weight excluding hydrogens is 430 g/mol. The number of hydrogen-bond acceptors (Lipinski definition) is 8. The monoisotopic (exact) mass is 459 g/mol. The lowest BCUT2D eigenvalue weighted by Gasteiger charge is -2.42. The van der Waals surface area contributed by atoms with Gasteiger partial charge in [-0.3, -0.25) is 0 Å². The summed E-state index contributed by atoms with van der Waals surface area (Å²) in [6.07, 6.45) is 9.08. The molecule has 3 aliphatic rings. The maximum atomic E-state index is 6.72. The zero-order chi connectivity index (χ0) is 22.6. The highest BCUT2D eigenvalue weighted by atomic mass is 32.2. The second-order valence-corrected chi connectivity index (χ2v) is 10.6. The van der Waals surface area contributed by atoms with Crippen molar-refractivity contribution < 1.29 is 0 Å². The summed E-state index contributed by atoms with van der Waals surface area (Å²) in [6, 6.07) is 10.7. The number of fused-ring (bicyclic) bond motifs is 1. The van der Waals surface area contributed by atoms with Gasteiger partial charge in [-0.15, -0.1) is 0 Å². The van der Waals surface area contributed by atoms with Crippen molar-refractivity contribution in [3.8, 4) is 0 Å². The van der Waals surface area contributed by atoms with E-state index in [1.54, 1.807) is 6.20 Å². The van der Waals surface area contributed by atoms with Crippen LogP contribution in [0.2, 0.25) is 0 Å². The minimum atomic E-state index is 0.110. The molecule has 0 radical (unpaired) electrons. The lowest BCUT2D eigenvalue weighted by Crippen LogP contribution is -2.44. The van der Waals surface area contributed by atoms with Gasteiger partial charge in [-0.05, 0) is 60.6 Å². The first-order valence-electron chi connectivity index (χ1n) is 11.7. The molecule has 1 atom stereocenters. The molecule has 170 valence electrons. The molecule has 1 spiro atoms. The van der Waals surface area contributed by atoms with Crippen molar-refractivity contribution in [1.82, 2.24) is 15.0 Å². The van der Waals surface area contributed by atoms with Crippen LogP contribution in [0, 0.1) is 5.41 Å². The molecular formula is C25H29N7S. The smallest absolute Gasteiger partial charge is 0.158 e. The number of nitrogens with zero attached hydrogens (tertiary/aromatic N) is 4. The van der Waals surface area contributed by atoms with Gasteiger partial charge in [-0.25, -0.2) is 15.0 Å². The molecule has 1 saturated heterocycles. The van der Waals surface area contributed by atoms with Crippen molar-refractivity contribution in [1.29, 1.82) is 0 Å². The van der Waals surface area contributed by atoms with Crippen molar-refractivity contribution in [3.63, 3.8) is 0 Å². The summed E-state index contributed by atoms with van der Waals surface area (Å²) in [5, 5.41) is 0.716. The molecule has 8 heteroatoms. The Bertz CT molecular complexity index is 1200. The van der Waals surface area contributed by atoms with Crippen LogP contribution in [-0.2, 0) is 6.42 Å². The van der Waals surface area contributed by atoms with Gasteiger partial charge in [-0.1, -0.05) is 36.0 Å². The molecule has 1 aliphatic heterocycles. The first-order valence-corrected chi connectivity index (χ1v) is 12.5. The van der Waals surface area contributed by atoms with E-state index in [1.165, 1.54) is 22.9 Å². The van der Waals surface area contributed by atoms with Crippen LogP contribution in [0.5, 0.6) is 0 Å². The fraction of sp³-hybridized carbons (Fsp3) is 0.400. The third kappa shape index (κ3) is 3.61. The average Bonchev–Trinajstić information content (AvgIpc) is 3.62. The standard InChI is InChI=1S/C25H29N7S/c26-21-17-4-2-1-3-16(17)13-25(21)8-11-32(12-9-25)19-14-30-24(23(28)31-19)33-18-7-10-29-22(27)20(18)15-5-6-15/h1-4,7,10,14-15,21H,5-6,8-9,11-13,26H2,(H2,27,29)(H2,28,31)/t21-/m1/s1. The highest BCUT2D eigenvalue weighted by Crippen LogP contribution is 2.51. The van der Waals surface area contributed by atoms with Crippen LogP contribution in [0.15, 0.2) is 52.6 Å². The molecule has 3 heterocycles. The zero-order valence-corrected chi connectivity index (χ0v) is 19.4. The van der Waals surface area contributed by atoms with Gasteiger partial charge in [0.2, 0.25) is 0 Å². The third-order valence-electron chi connectivity index (χ3n) is 7.60. The molecule has 2 aromatic heterocycles. The minimum Gasteiger partial charge on any atom is -0.383 e. The maximum absolute atomic E-state index is 6.72. The van der Waals surface area contributed by atoms with Crippen molar-refractivity contribution >= 4 is 29.2 Å². The molecule has 1 saturated carbocycles. The molecule has 0 unspecified atom stereocenters. The molecule has 1 aromatic carbocycles. The van der Waals surface area contributed by atoms with Gasteiger partial charge in [0, 0.05) is 35.8 Å². The van der Waals surface area contributed by atoms with E-state index in [0.29, 0.717) is 22.6 Å². The third-order valence-corrected chi connectivity index (χ3v) is 8.68. The highest BCUT2D eigenvalue weighted by Gasteiger charge is 2.45. The van der Waals surface area contributed by atoms with Crippen molar-refractivity contribution in [2.75, 3.05) is 29.5 Å². The Kier molecular flexibility index (Phi) is 4.96. The minimum absolute atomic E-state index is 0.110. The zero-order valence-electron chi connectivity index (χ0n) is 18.6. The molecule has 6 rings (SSSR count). The average molecular weight is 460 g/mol. The molecule has 6 N–H and O–H groups in total. The lowest BCUT2D eigenvalue weighted by atomic mass is 9.73. The number of piperidine rings is 1. The second-order valence-electron chi connectivity index (χ2n) is 9.61. The summed E-state index contributed by atoms with van der Waals surface area (Å²) in [6.45, 7) is 1.82. The van der Waals surface area contributed by atoms with Gasteiger partial charge >= 0.3 is 0 Å². The number of hydrogen-bond donors (Lipinski definition) is 3. The van der Waals surface area contributed by atoms with Crippen LogP contribution < -0.4 is 22.1 Å². The van der Waals surface area contributed by atoms with Gasteiger partial charge in [0.1, 0.15) is 16.7 Å². The number of benzene rings is 1. The van der Waals surface area contributed by atoms with E-state index in [1.807, 2.05) is 12.3 Å². The summed E-state index contributed by atoms with van der Waals surface area (Å²) in [5.41, 5.74) is 23.2. The fourth-order valence-corrected chi connectivity index (χ4v) is 6.52. The van der Waals surface area contributed by atoms with Gasteiger partial charge in [0.25, 0.3) is 0 Å². The highest BCUT2D eigenvalue weighted by molar-refractivity contribution is 7.99. The Hall–Kier alpha value is -2.84. The number of anilines is 3. The first kappa shape index (κ1) is 20.7. The summed E-state index contributed by atoms with van der Waals surface area (Å²) in [7, 11) is 0. The topological polar surface area (TPSA) is 120 Å². The summed E-state index contributed by atoms with van der Waals surface area (Å²) >= 11 is 1.53. The summed E-state index contributed by atoms with van der Waals surface area (Å²) in [5.74, 6) is 2.41. The van der Waals surface area contributed by atoms with Crippen LogP contribution in [0.25, 0.3) is 0 Å². The predicted molar refractivity (Wildman–Crippen MR) is 132 cm³/mol. The molecule has 33 heavy (non-hydrogen) atoms. The van der Waals surface area contributed by atoms with E-state index < -0.39 is 0 Å². The quantitative estimate of drug-likeness (QED) is 0.537. The number of rotatable bonds is 4. The van der Waals surface area contributed by atoms with E-state index in [-0.39, 0.29) is 11.5 Å². The Morgan fingerprint density at radius 3 is 2.52 bits per heavy atom. The van der Waals surface area contributed by atoms with Crippen LogP contribution in [0.1, 0.15) is 54.3 Å². The molecule has 2 fully saturated rings. The van der Waals surface area contributed by atoms with Crippen LogP contribution in [-0.4, -0.2) is 28.0 Å². The number of nitrogen functional groups attached to an aromatic ring is 2. The molecule has 0 amide bonds. The SMILES string of the molecule is Nc1nc(N2CCC3(CC2)Cc2ccccc2[C@H]3N)cnc1Sc1ccnc(N)c1C1CC1. The van der Waals surface area contributed by atoms with Crippen LogP contribution >= 0.6 is 11.8 Å². The van der Waals surface area contributed by atoms with E-state index >= 15 is 0 Å². The lowest BCUT2D eigenvalue weighted by molar-refractivity contribution is 0.187. The maximum Gasteiger partial charge on any atom is 0.158 e. The Balaban J connectivity index is 1.17. The number of nitrogens with two attached hydrogens (primary N) is 3. The van der Waals surface area contributed by atoms with Crippen LogP contribution in [0.4, 0.5) is 17.5 Å². The van der Waals surface area contributed by atoms with Gasteiger partial charge in [-0.2, -0.15) is 0 Å². The first-order chi connectivity index (χ1) is 16.0. The molecule has 7 nitrogen and oxygen atoms in total. The summed E-state index contributed by atoms with van der Waals surface area (Å²) in [4.78, 5) is 17.0. The summed E-state index contributed by atoms with van der Waals surface area (Å²) < 4.78 is 0. The van der Waals surface area contributed by atoms with Crippen molar-refractivity contribution in [3.05, 3.63) is 59.4 Å². The van der Waals surface area contributed by atoms with E-state index in [9.17, 15) is 0 Å². The van der Waals surface area contributed by atoms with Crippen molar-refractivity contribution in [2.45, 2.75) is 54.0 Å². The molecule has 0 bridgehead atoms. The molecule has 3 aromatic rings. The molecule has 2 aliphatic carbocycles. The van der Waals surface area contributed by atoms with Crippen molar-refractivity contribution in [2.24, 2.45) is 11.1 Å². The second kappa shape index (κ2) is 7.88. The Morgan fingerprint density at radius 1 is 1.00 bits per heavy atom. The Labute approximate surface area is 198 Å². The number of pyridine rings is 1. The van der Waals surface area contributed by atoms with E-state index in [0.717, 1.165) is 61.5 Å². The fourth-order valence-electron chi connectivity index (χ4n) is 5.55. The number of aromatic nitrogens is 3. The normalized spacial score (nSPS) is 21.4. The largest absolute Gasteiger partial charge is 0.383 e.